The Morgan fingerprint density at radius 2 is 1.86 bits per heavy atom. The molecule has 0 aliphatic carbocycles. The molecule has 0 atom stereocenters. The molecule has 0 aromatic heterocycles. The van der Waals surface area contributed by atoms with Crippen LogP contribution >= 0.6 is 0 Å². The van der Waals surface area contributed by atoms with Crippen LogP contribution in [0.3, 0.4) is 0 Å². The lowest BCUT2D eigenvalue weighted by Crippen LogP contribution is -2.34. The van der Waals surface area contributed by atoms with E-state index < -0.39 is 0 Å². The molecule has 22 heavy (non-hydrogen) atoms. The Morgan fingerprint density at radius 3 is 2.68 bits per heavy atom. The second-order valence-electron chi connectivity index (χ2n) is 5.28. The molecule has 0 saturated carbocycles. The average molecular weight is 296 g/mol. The fourth-order valence-corrected chi connectivity index (χ4v) is 2.42. The van der Waals surface area contributed by atoms with E-state index in [0.29, 0.717) is 18.0 Å². The summed E-state index contributed by atoms with van der Waals surface area (Å²) >= 11 is 0. The summed E-state index contributed by atoms with van der Waals surface area (Å²) in [6.07, 6.45) is 1.66. The van der Waals surface area contributed by atoms with Gasteiger partial charge in [-0.3, -0.25) is 4.90 Å². The summed E-state index contributed by atoms with van der Waals surface area (Å²) in [6.45, 7) is 3.24. The van der Waals surface area contributed by atoms with E-state index in [2.05, 4.69) is 29.2 Å². The van der Waals surface area contributed by atoms with Crippen LogP contribution in [0, 0.1) is 0 Å². The van der Waals surface area contributed by atoms with Crippen LogP contribution in [0.1, 0.15) is 5.56 Å². The molecule has 1 saturated heterocycles. The molecule has 0 spiro atoms. The van der Waals surface area contributed by atoms with Gasteiger partial charge in [0.1, 0.15) is 24.4 Å². The van der Waals surface area contributed by atoms with Gasteiger partial charge in [-0.15, -0.1) is 0 Å². The standard InChI is InChI=1S/C18H20N2O2/c19-17-8-4-5-9-18(17)22-14-16-13-20(10-11-21-16)12-15-6-2-1-3-7-15/h1-9,14H,10-13,19H2/b16-14-. The van der Waals surface area contributed by atoms with Crippen LogP contribution in [0.15, 0.2) is 66.6 Å². The predicted octanol–water partition coefficient (Wildman–Crippen LogP) is 3.02. The van der Waals surface area contributed by atoms with E-state index in [1.807, 2.05) is 30.3 Å². The third-order valence-electron chi connectivity index (χ3n) is 3.56. The molecule has 2 N–H and O–H groups in total. The second-order valence-corrected chi connectivity index (χ2v) is 5.28. The van der Waals surface area contributed by atoms with Crippen LogP contribution in [-0.2, 0) is 11.3 Å². The Morgan fingerprint density at radius 1 is 1.09 bits per heavy atom. The number of rotatable bonds is 4. The van der Waals surface area contributed by atoms with Crippen molar-refractivity contribution < 1.29 is 9.47 Å². The summed E-state index contributed by atoms with van der Waals surface area (Å²) in [5, 5.41) is 0. The zero-order valence-electron chi connectivity index (χ0n) is 12.4. The van der Waals surface area contributed by atoms with Gasteiger partial charge in [-0.05, 0) is 17.7 Å². The summed E-state index contributed by atoms with van der Waals surface area (Å²) in [5.41, 5.74) is 7.78. The molecule has 4 nitrogen and oxygen atoms in total. The van der Waals surface area contributed by atoms with Crippen molar-refractivity contribution in [1.82, 2.24) is 4.90 Å². The normalized spacial score (nSPS) is 17.2. The van der Waals surface area contributed by atoms with E-state index in [1.165, 1.54) is 5.56 Å². The molecule has 114 valence electrons. The van der Waals surface area contributed by atoms with E-state index in [1.54, 1.807) is 6.26 Å². The van der Waals surface area contributed by atoms with Gasteiger partial charge < -0.3 is 15.2 Å². The van der Waals surface area contributed by atoms with Crippen molar-refractivity contribution in [2.45, 2.75) is 6.54 Å². The van der Waals surface area contributed by atoms with Crippen molar-refractivity contribution in [2.24, 2.45) is 0 Å². The van der Waals surface area contributed by atoms with Crippen molar-refractivity contribution in [3.8, 4) is 5.75 Å². The quantitative estimate of drug-likeness (QED) is 0.696. The number of nitrogens with zero attached hydrogens (tertiary/aromatic N) is 1. The zero-order valence-corrected chi connectivity index (χ0v) is 12.4. The number of nitrogens with two attached hydrogens (primary N) is 1. The van der Waals surface area contributed by atoms with E-state index >= 15 is 0 Å². The van der Waals surface area contributed by atoms with Crippen molar-refractivity contribution in [3.05, 3.63) is 72.2 Å². The SMILES string of the molecule is Nc1ccccc1O/C=C1/CN(Cc2ccccc2)CCO1. The maximum atomic E-state index is 5.86. The van der Waals surface area contributed by atoms with Gasteiger partial charge in [0, 0.05) is 13.1 Å². The highest BCUT2D eigenvalue weighted by Gasteiger charge is 2.16. The minimum Gasteiger partial charge on any atom is -0.492 e. The molecule has 0 radical (unpaired) electrons. The summed E-state index contributed by atoms with van der Waals surface area (Å²) in [5.74, 6) is 1.48. The van der Waals surface area contributed by atoms with Gasteiger partial charge in [0.15, 0.2) is 0 Å². The van der Waals surface area contributed by atoms with Crippen LogP contribution in [0.2, 0.25) is 0 Å². The summed E-state index contributed by atoms with van der Waals surface area (Å²) in [6, 6.07) is 17.9. The highest BCUT2D eigenvalue weighted by Crippen LogP contribution is 2.21. The maximum absolute atomic E-state index is 5.86. The lowest BCUT2D eigenvalue weighted by atomic mass is 10.2. The van der Waals surface area contributed by atoms with E-state index in [4.69, 9.17) is 15.2 Å². The molecule has 2 aromatic rings. The van der Waals surface area contributed by atoms with E-state index in [9.17, 15) is 0 Å². The largest absolute Gasteiger partial charge is 0.492 e. The topological polar surface area (TPSA) is 47.7 Å². The van der Waals surface area contributed by atoms with E-state index in [-0.39, 0.29) is 0 Å². The maximum Gasteiger partial charge on any atom is 0.149 e. The number of hydrogen-bond acceptors (Lipinski definition) is 4. The van der Waals surface area contributed by atoms with Gasteiger partial charge in [-0.1, -0.05) is 42.5 Å². The van der Waals surface area contributed by atoms with Crippen LogP contribution in [0.4, 0.5) is 5.69 Å². The number of nitrogen functional groups attached to an aromatic ring is 1. The summed E-state index contributed by atoms with van der Waals surface area (Å²) < 4.78 is 11.3. The van der Waals surface area contributed by atoms with Gasteiger partial charge >= 0.3 is 0 Å². The number of ether oxygens (including phenoxy) is 2. The molecule has 1 fully saturated rings. The van der Waals surface area contributed by atoms with Crippen molar-refractivity contribution in [3.63, 3.8) is 0 Å². The first-order chi connectivity index (χ1) is 10.8. The van der Waals surface area contributed by atoms with Gasteiger partial charge in [0.05, 0.1) is 12.2 Å². The fourth-order valence-electron chi connectivity index (χ4n) is 2.42. The van der Waals surface area contributed by atoms with Crippen LogP contribution < -0.4 is 10.5 Å². The highest BCUT2D eigenvalue weighted by molar-refractivity contribution is 5.52. The van der Waals surface area contributed by atoms with Crippen LogP contribution in [-0.4, -0.2) is 24.6 Å². The molecule has 1 heterocycles. The molecule has 3 rings (SSSR count). The highest BCUT2D eigenvalue weighted by atomic mass is 16.5. The van der Waals surface area contributed by atoms with Gasteiger partial charge in [-0.2, -0.15) is 0 Å². The monoisotopic (exact) mass is 296 g/mol. The first-order valence-corrected chi connectivity index (χ1v) is 7.40. The minimum atomic E-state index is 0.622. The Bertz CT molecular complexity index is 641. The molecular formula is C18H20N2O2. The smallest absolute Gasteiger partial charge is 0.149 e. The number of benzene rings is 2. The zero-order chi connectivity index (χ0) is 15.2. The third kappa shape index (κ3) is 3.80. The first kappa shape index (κ1) is 14.5. The Hall–Kier alpha value is -2.46. The van der Waals surface area contributed by atoms with Crippen molar-refractivity contribution >= 4 is 5.69 Å². The van der Waals surface area contributed by atoms with Crippen LogP contribution in [0.5, 0.6) is 5.75 Å². The molecule has 0 bridgehead atoms. The molecule has 2 aromatic carbocycles. The lowest BCUT2D eigenvalue weighted by molar-refractivity contribution is 0.0843. The second kappa shape index (κ2) is 7.00. The molecule has 0 unspecified atom stereocenters. The minimum absolute atomic E-state index is 0.622. The number of hydrogen-bond donors (Lipinski definition) is 1. The van der Waals surface area contributed by atoms with Gasteiger partial charge in [0.25, 0.3) is 0 Å². The molecule has 0 amide bonds. The average Bonchev–Trinajstić information content (AvgIpc) is 2.55. The number of anilines is 1. The Kier molecular flexibility index (Phi) is 4.61. The predicted molar refractivity (Wildman–Crippen MR) is 87.2 cm³/mol. The molecule has 1 aliphatic heterocycles. The molecule has 1 aliphatic rings. The fraction of sp³-hybridized carbons (Fsp3) is 0.222. The van der Waals surface area contributed by atoms with Crippen molar-refractivity contribution in [2.75, 3.05) is 25.4 Å². The third-order valence-corrected chi connectivity index (χ3v) is 3.56. The Balaban J connectivity index is 1.60. The lowest BCUT2D eigenvalue weighted by Gasteiger charge is -2.28. The molecule has 4 heteroatoms. The summed E-state index contributed by atoms with van der Waals surface area (Å²) in [4.78, 5) is 2.34. The Labute approximate surface area is 130 Å². The van der Waals surface area contributed by atoms with Crippen LogP contribution in [0.25, 0.3) is 0 Å². The number of morpholine rings is 1. The summed E-state index contributed by atoms with van der Waals surface area (Å²) in [7, 11) is 0. The van der Waals surface area contributed by atoms with Crippen molar-refractivity contribution in [1.29, 1.82) is 0 Å². The number of para-hydroxylation sites is 2. The van der Waals surface area contributed by atoms with Gasteiger partial charge in [-0.25, -0.2) is 0 Å². The molecular weight excluding hydrogens is 276 g/mol. The van der Waals surface area contributed by atoms with E-state index in [0.717, 1.165) is 25.4 Å². The first-order valence-electron chi connectivity index (χ1n) is 7.40. The van der Waals surface area contributed by atoms with Gasteiger partial charge in [0.2, 0.25) is 0 Å².